The lowest BCUT2D eigenvalue weighted by Crippen LogP contribution is -2.45. The van der Waals surface area contributed by atoms with Crippen LogP contribution in [0.1, 0.15) is 39.7 Å². The molecule has 1 N–H and O–H groups in total. The highest BCUT2D eigenvalue weighted by Crippen LogP contribution is 2.13. The van der Waals surface area contributed by atoms with Crippen LogP contribution in [-0.4, -0.2) is 56.2 Å². The zero-order valence-corrected chi connectivity index (χ0v) is 18.5. The fourth-order valence-electron chi connectivity index (χ4n) is 2.44. The van der Waals surface area contributed by atoms with Gasteiger partial charge in [0, 0.05) is 19.4 Å². The largest absolute Gasteiger partial charge is 0.462 e. The summed E-state index contributed by atoms with van der Waals surface area (Å²) in [6.45, 7) is 5.41. The Labute approximate surface area is 177 Å². The average Bonchev–Trinajstić information content (AvgIpc) is 2.63. The van der Waals surface area contributed by atoms with Crippen molar-refractivity contribution < 1.29 is 37.0 Å². The summed E-state index contributed by atoms with van der Waals surface area (Å²) in [5, 5.41) is 2.64. The third-order valence-corrected chi connectivity index (χ3v) is 5.64. The fourth-order valence-corrected chi connectivity index (χ4v) is 4.16. The van der Waals surface area contributed by atoms with Crippen LogP contribution in [0.15, 0.2) is 30.3 Å². The Kier molecular flexibility index (Phi) is 9.77. The molecule has 1 atom stereocenters. The van der Waals surface area contributed by atoms with E-state index in [0.717, 1.165) is 12.5 Å². The first kappa shape index (κ1) is 25.4. The van der Waals surface area contributed by atoms with Crippen LogP contribution in [0.5, 0.6) is 0 Å². The second-order valence-electron chi connectivity index (χ2n) is 7.47. The number of hydrogen-bond acceptors (Lipinski definition) is 8. The van der Waals surface area contributed by atoms with Crippen molar-refractivity contribution >= 4 is 27.9 Å². The highest BCUT2D eigenvalue weighted by molar-refractivity contribution is 7.91. The Morgan fingerprint density at radius 1 is 1.03 bits per heavy atom. The molecule has 10 heteroatoms. The minimum Gasteiger partial charge on any atom is -0.462 e. The summed E-state index contributed by atoms with van der Waals surface area (Å²) in [6, 6.07) is 9.15. The van der Waals surface area contributed by atoms with Gasteiger partial charge < -0.3 is 19.5 Å². The van der Waals surface area contributed by atoms with Gasteiger partial charge in [-0.25, -0.2) is 13.2 Å². The van der Waals surface area contributed by atoms with E-state index in [4.69, 9.17) is 14.2 Å². The van der Waals surface area contributed by atoms with Crippen LogP contribution < -0.4 is 5.32 Å². The summed E-state index contributed by atoms with van der Waals surface area (Å²) in [6.07, 6.45) is -1.65. The monoisotopic (exact) mass is 443 g/mol. The normalized spacial score (nSPS) is 12.5. The summed E-state index contributed by atoms with van der Waals surface area (Å²) >= 11 is 0. The topological polar surface area (TPSA) is 125 Å². The van der Waals surface area contributed by atoms with Crippen molar-refractivity contribution in [2.75, 3.05) is 18.1 Å². The van der Waals surface area contributed by atoms with Gasteiger partial charge in [0.2, 0.25) is 0 Å². The Balaban J connectivity index is 2.55. The van der Waals surface area contributed by atoms with Crippen molar-refractivity contribution in [2.45, 2.75) is 52.4 Å². The van der Waals surface area contributed by atoms with Crippen molar-refractivity contribution in [3.63, 3.8) is 0 Å². The number of nitrogens with one attached hydrogen (secondary N) is 1. The molecule has 0 aliphatic carbocycles. The molecule has 1 amide bonds. The van der Waals surface area contributed by atoms with Crippen molar-refractivity contribution in [3.8, 4) is 0 Å². The third kappa shape index (κ3) is 11.4. The van der Waals surface area contributed by atoms with E-state index >= 15 is 0 Å². The van der Waals surface area contributed by atoms with Crippen LogP contribution >= 0.6 is 0 Å². The van der Waals surface area contributed by atoms with Gasteiger partial charge in [0.1, 0.15) is 19.3 Å². The van der Waals surface area contributed by atoms with E-state index in [1.54, 1.807) is 13.8 Å². The number of carbonyl (C=O) groups is 3. The van der Waals surface area contributed by atoms with Crippen LogP contribution in [0, 0.1) is 0 Å². The number of amides is 1. The molecule has 0 saturated heterocycles. The number of alkyl carbamates (subject to hydrolysis) is 1. The van der Waals surface area contributed by atoms with Gasteiger partial charge in [-0.2, -0.15) is 0 Å². The Hall–Kier alpha value is -2.62. The molecule has 0 fully saturated rings. The lowest BCUT2D eigenvalue weighted by Gasteiger charge is -2.26. The number of esters is 2. The number of carbonyl (C=O) groups excluding carboxylic acids is 3. The molecule has 1 aromatic carbocycles. The second-order valence-corrected chi connectivity index (χ2v) is 9.70. The van der Waals surface area contributed by atoms with E-state index in [0.29, 0.717) is 0 Å². The molecule has 168 valence electrons. The van der Waals surface area contributed by atoms with Crippen molar-refractivity contribution in [3.05, 3.63) is 35.9 Å². The molecule has 0 aliphatic rings. The quantitative estimate of drug-likeness (QED) is 0.407. The van der Waals surface area contributed by atoms with Crippen LogP contribution in [0.4, 0.5) is 4.79 Å². The minimum absolute atomic E-state index is 0.0985. The molecule has 1 aromatic rings. The van der Waals surface area contributed by atoms with E-state index in [1.165, 1.54) is 6.92 Å². The van der Waals surface area contributed by atoms with E-state index in [1.807, 2.05) is 30.3 Å². The van der Waals surface area contributed by atoms with Crippen molar-refractivity contribution in [1.82, 2.24) is 5.32 Å². The Bertz CT molecular complexity index is 820. The summed E-state index contributed by atoms with van der Waals surface area (Å²) in [4.78, 5) is 34.1. The predicted molar refractivity (Wildman–Crippen MR) is 109 cm³/mol. The number of hydrogen-bond donors (Lipinski definition) is 1. The molecular weight excluding hydrogens is 414 g/mol. The molecule has 1 rings (SSSR count). The average molecular weight is 444 g/mol. The second kappa shape index (κ2) is 11.5. The zero-order valence-electron chi connectivity index (χ0n) is 17.7. The minimum atomic E-state index is -3.66. The van der Waals surface area contributed by atoms with E-state index < -0.39 is 45.3 Å². The summed E-state index contributed by atoms with van der Waals surface area (Å²) < 4.78 is 39.7. The number of sulfone groups is 1. The Morgan fingerprint density at radius 3 is 2.23 bits per heavy atom. The van der Waals surface area contributed by atoms with Crippen LogP contribution in [0.3, 0.4) is 0 Å². The maximum absolute atomic E-state index is 12.4. The molecule has 30 heavy (non-hydrogen) atoms. The van der Waals surface area contributed by atoms with E-state index in [-0.39, 0.29) is 25.4 Å². The van der Waals surface area contributed by atoms with Gasteiger partial charge >= 0.3 is 18.0 Å². The first-order chi connectivity index (χ1) is 13.9. The zero-order chi connectivity index (χ0) is 22.8. The van der Waals surface area contributed by atoms with E-state index in [2.05, 4.69) is 5.32 Å². The molecule has 0 saturated carbocycles. The summed E-state index contributed by atoms with van der Waals surface area (Å²) in [5.41, 5.74) is -0.0227. The van der Waals surface area contributed by atoms with Crippen LogP contribution in [-0.2, 0) is 40.2 Å². The van der Waals surface area contributed by atoms with Gasteiger partial charge in [-0.05, 0) is 25.8 Å². The number of benzene rings is 1. The maximum atomic E-state index is 12.4. The summed E-state index contributed by atoms with van der Waals surface area (Å²) in [5.74, 6) is -2.04. The van der Waals surface area contributed by atoms with Gasteiger partial charge in [0.05, 0.1) is 11.5 Å². The van der Waals surface area contributed by atoms with Crippen LogP contribution in [0.25, 0.3) is 0 Å². The molecule has 0 bridgehead atoms. The molecular formula is C20H29NO8S. The fraction of sp³-hybridized carbons (Fsp3) is 0.550. The van der Waals surface area contributed by atoms with Gasteiger partial charge in [0.25, 0.3) is 0 Å². The Morgan fingerprint density at radius 2 is 1.67 bits per heavy atom. The van der Waals surface area contributed by atoms with Crippen molar-refractivity contribution in [2.24, 2.45) is 0 Å². The first-order valence-corrected chi connectivity index (χ1v) is 11.2. The van der Waals surface area contributed by atoms with E-state index in [9.17, 15) is 22.8 Å². The van der Waals surface area contributed by atoms with Gasteiger partial charge in [-0.15, -0.1) is 0 Å². The highest BCUT2D eigenvalue weighted by atomic mass is 32.2. The lowest BCUT2D eigenvalue weighted by molar-refractivity contribution is -0.154. The van der Waals surface area contributed by atoms with Crippen LogP contribution in [0.2, 0.25) is 0 Å². The summed E-state index contributed by atoms with van der Waals surface area (Å²) in [7, 11) is -3.66. The highest BCUT2D eigenvalue weighted by Gasteiger charge is 2.28. The molecule has 0 spiro atoms. The molecule has 0 aromatic heterocycles. The molecule has 1 unspecified atom stereocenters. The molecule has 0 aliphatic heterocycles. The number of ether oxygens (including phenoxy) is 3. The van der Waals surface area contributed by atoms with Gasteiger partial charge in [0.15, 0.2) is 9.84 Å². The third-order valence-electron chi connectivity index (χ3n) is 3.94. The maximum Gasteiger partial charge on any atom is 0.407 e. The van der Waals surface area contributed by atoms with Gasteiger partial charge in [-0.1, -0.05) is 30.3 Å². The predicted octanol–water partition coefficient (Wildman–Crippen LogP) is 1.99. The molecule has 9 nitrogen and oxygen atoms in total. The lowest BCUT2D eigenvalue weighted by atomic mass is 10.0. The number of rotatable bonds is 11. The smallest absolute Gasteiger partial charge is 0.407 e. The SMILES string of the molecule is CC(=O)OCC(CS(=O)(=O)CCC(C)(C)NC(=O)OCc1ccccc1)OC(C)=O. The van der Waals surface area contributed by atoms with Gasteiger partial charge in [-0.3, -0.25) is 9.59 Å². The molecule has 0 radical (unpaired) electrons. The first-order valence-electron chi connectivity index (χ1n) is 9.38. The molecule has 0 heterocycles. The van der Waals surface area contributed by atoms with Crippen molar-refractivity contribution in [1.29, 1.82) is 0 Å². The standard InChI is InChI=1S/C20H29NO8S/c1-15(22)27-13-18(29-16(2)23)14-30(25,26)11-10-20(3,4)21-19(24)28-12-17-8-6-5-7-9-17/h5-9,18H,10-14H2,1-4H3,(H,21,24).